The molecule has 212 valence electrons. The lowest BCUT2D eigenvalue weighted by Gasteiger charge is -2.29. The maximum atomic E-state index is 13.2. The van der Waals surface area contributed by atoms with E-state index in [1.807, 2.05) is 0 Å². The number of phenols is 1. The highest BCUT2D eigenvalue weighted by Crippen LogP contribution is 2.20. The highest BCUT2D eigenvalue weighted by Gasteiger charge is 2.37. The van der Waals surface area contributed by atoms with Gasteiger partial charge in [0.1, 0.15) is 23.9 Å². The molecule has 4 unspecified atom stereocenters. The van der Waals surface area contributed by atoms with Gasteiger partial charge < -0.3 is 42.9 Å². The summed E-state index contributed by atoms with van der Waals surface area (Å²) in [4.78, 5) is 52.5. The largest absolute Gasteiger partial charge is 0.508 e. The van der Waals surface area contributed by atoms with Crippen LogP contribution in [0.4, 0.5) is 0 Å². The predicted molar refractivity (Wildman–Crippen MR) is 142 cm³/mol. The smallest absolute Gasteiger partial charge is 0.326 e. The molecule has 12 nitrogen and oxygen atoms in total. The topological polar surface area (TPSA) is 214 Å². The number of carbonyl (C=O) groups excluding carboxylic acids is 3. The average Bonchev–Trinajstić information content (AvgIpc) is 3.38. The van der Waals surface area contributed by atoms with Crippen LogP contribution in [-0.2, 0) is 25.6 Å². The molecule has 12 heteroatoms. The first-order chi connectivity index (χ1) is 18.2. The number of carboxylic acid groups (broad SMARTS) is 1. The van der Waals surface area contributed by atoms with Crippen LogP contribution in [0.2, 0.25) is 0 Å². The fraction of sp³-hybridized carbons (Fsp3) is 0.615. The molecule has 0 radical (unpaired) electrons. The van der Waals surface area contributed by atoms with Gasteiger partial charge in [-0.2, -0.15) is 0 Å². The van der Waals surface area contributed by atoms with Crippen LogP contribution in [-0.4, -0.2) is 82.6 Å². The Hall–Kier alpha value is -3.22. The number of benzene rings is 1. The van der Waals surface area contributed by atoms with E-state index in [-0.39, 0.29) is 30.9 Å². The highest BCUT2D eigenvalue weighted by molar-refractivity contribution is 5.94. The van der Waals surface area contributed by atoms with Gasteiger partial charge in [-0.15, -0.1) is 0 Å². The van der Waals surface area contributed by atoms with Crippen molar-refractivity contribution >= 4 is 23.7 Å². The molecule has 38 heavy (non-hydrogen) atoms. The minimum Gasteiger partial charge on any atom is -0.508 e. The zero-order valence-corrected chi connectivity index (χ0v) is 21.8. The van der Waals surface area contributed by atoms with Gasteiger partial charge in [0, 0.05) is 6.54 Å². The molecule has 1 heterocycles. The molecular weight excluding hydrogens is 492 g/mol. The summed E-state index contributed by atoms with van der Waals surface area (Å²) in [6.45, 7) is 1.21. The summed E-state index contributed by atoms with van der Waals surface area (Å²) in [6, 6.07) is 2.69. The zero-order valence-electron chi connectivity index (χ0n) is 21.8. The number of hydrogen-bond donors (Lipinski definition) is 7. The molecule has 3 amide bonds. The van der Waals surface area contributed by atoms with Gasteiger partial charge >= 0.3 is 5.97 Å². The molecule has 1 aromatic carbocycles. The second-order valence-electron chi connectivity index (χ2n) is 9.70. The summed E-state index contributed by atoms with van der Waals surface area (Å²) in [6.07, 6.45) is 4.17. The molecule has 10 N–H and O–H groups in total. The fourth-order valence-corrected chi connectivity index (χ4v) is 4.54. The maximum absolute atomic E-state index is 13.2. The normalized spacial score (nSPS) is 17.4. The number of phenolic OH excluding ortho intramolecular Hbond substituents is 1. The van der Waals surface area contributed by atoms with Crippen LogP contribution in [0.25, 0.3) is 0 Å². The van der Waals surface area contributed by atoms with E-state index in [1.54, 1.807) is 12.1 Å². The van der Waals surface area contributed by atoms with Gasteiger partial charge in [-0.05, 0) is 88.6 Å². The lowest BCUT2D eigenvalue weighted by Crippen LogP contribution is -2.56. The number of unbranched alkanes of at least 4 members (excludes halogenated alkanes) is 2. The first-order valence-corrected chi connectivity index (χ1v) is 13.3. The lowest BCUT2D eigenvalue weighted by atomic mass is 10.0. The Bertz CT molecular complexity index is 927. The van der Waals surface area contributed by atoms with Crippen molar-refractivity contribution in [2.75, 3.05) is 19.6 Å². The van der Waals surface area contributed by atoms with Crippen LogP contribution in [0.3, 0.4) is 0 Å². The first kappa shape index (κ1) is 31.0. The average molecular weight is 535 g/mol. The predicted octanol–water partition coefficient (Wildman–Crippen LogP) is -0.435. The molecule has 0 spiro atoms. The number of aromatic hydroxyl groups is 1. The Labute approximate surface area is 223 Å². The van der Waals surface area contributed by atoms with Crippen LogP contribution in [0, 0.1) is 0 Å². The Morgan fingerprint density at radius 3 is 2.13 bits per heavy atom. The van der Waals surface area contributed by atoms with Crippen molar-refractivity contribution in [3.63, 3.8) is 0 Å². The zero-order chi connectivity index (χ0) is 28.1. The van der Waals surface area contributed by atoms with Gasteiger partial charge in [-0.25, -0.2) is 4.79 Å². The van der Waals surface area contributed by atoms with Crippen LogP contribution in [0.5, 0.6) is 5.75 Å². The third kappa shape index (κ3) is 9.58. The van der Waals surface area contributed by atoms with Crippen molar-refractivity contribution in [3.8, 4) is 5.75 Å². The number of aliphatic carboxylic acids is 1. The van der Waals surface area contributed by atoms with Crippen molar-refractivity contribution in [1.82, 2.24) is 15.5 Å². The lowest BCUT2D eigenvalue weighted by molar-refractivity contribution is -0.143. The molecule has 1 aromatic rings. The number of nitrogens with zero attached hydrogens (tertiary/aromatic N) is 1. The Morgan fingerprint density at radius 2 is 1.55 bits per heavy atom. The SMILES string of the molecule is NCCCCC(NC(=O)C(CCCCN)NC(=O)C1CCCN1C(=O)C(N)Cc1ccc(O)cc1)C(=O)O. The van der Waals surface area contributed by atoms with Crippen LogP contribution in [0.15, 0.2) is 24.3 Å². The van der Waals surface area contributed by atoms with Crippen molar-refractivity contribution in [2.45, 2.75) is 82.0 Å². The molecule has 0 aromatic heterocycles. The summed E-state index contributed by atoms with van der Waals surface area (Å²) in [7, 11) is 0. The van der Waals surface area contributed by atoms with Crippen LogP contribution < -0.4 is 27.8 Å². The van der Waals surface area contributed by atoms with E-state index >= 15 is 0 Å². The second kappa shape index (κ2) is 15.9. The Balaban J connectivity index is 2.06. The molecule has 4 atom stereocenters. The molecule has 1 fully saturated rings. The third-order valence-electron chi connectivity index (χ3n) is 6.69. The van der Waals surface area contributed by atoms with E-state index in [0.717, 1.165) is 5.56 Å². The van der Waals surface area contributed by atoms with Gasteiger partial charge in [0.05, 0.1) is 6.04 Å². The Kier molecular flexibility index (Phi) is 13.0. The molecule has 0 aliphatic carbocycles. The fourth-order valence-electron chi connectivity index (χ4n) is 4.54. The number of likely N-dealkylation sites (tertiary alicyclic amines) is 1. The quantitative estimate of drug-likeness (QED) is 0.137. The minimum atomic E-state index is -1.16. The number of rotatable bonds is 16. The number of hydrogen-bond acceptors (Lipinski definition) is 8. The molecule has 1 saturated heterocycles. The maximum Gasteiger partial charge on any atom is 0.326 e. The highest BCUT2D eigenvalue weighted by atomic mass is 16.4. The van der Waals surface area contributed by atoms with E-state index in [2.05, 4.69) is 10.6 Å². The molecule has 1 aliphatic rings. The Morgan fingerprint density at radius 1 is 0.947 bits per heavy atom. The van der Waals surface area contributed by atoms with Crippen molar-refractivity contribution in [1.29, 1.82) is 0 Å². The van der Waals surface area contributed by atoms with Gasteiger partial charge in [-0.1, -0.05) is 12.1 Å². The van der Waals surface area contributed by atoms with E-state index < -0.39 is 42.0 Å². The summed E-state index contributed by atoms with van der Waals surface area (Å²) < 4.78 is 0. The summed E-state index contributed by atoms with van der Waals surface area (Å²) in [5.41, 5.74) is 18.0. The van der Waals surface area contributed by atoms with Crippen molar-refractivity contribution < 1.29 is 29.4 Å². The third-order valence-corrected chi connectivity index (χ3v) is 6.69. The van der Waals surface area contributed by atoms with Gasteiger partial charge in [0.15, 0.2) is 0 Å². The van der Waals surface area contributed by atoms with E-state index in [0.29, 0.717) is 58.2 Å². The number of carboxylic acids is 1. The summed E-state index contributed by atoms with van der Waals surface area (Å²) in [5.74, 6) is -2.48. The summed E-state index contributed by atoms with van der Waals surface area (Å²) >= 11 is 0. The molecule has 0 saturated carbocycles. The minimum absolute atomic E-state index is 0.111. The van der Waals surface area contributed by atoms with Crippen LogP contribution >= 0.6 is 0 Å². The van der Waals surface area contributed by atoms with Crippen molar-refractivity contribution in [3.05, 3.63) is 29.8 Å². The molecule has 1 aliphatic heterocycles. The molecule has 0 bridgehead atoms. The van der Waals surface area contributed by atoms with Crippen molar-refractivity contribution in [2.24, 2.45) is 17.2 Å². The number of nitrogens with one attached hydrogen (secondary N) is 2. The number of carbonyl (C=O) groups is 4. The first-order valence-electron chi connectivity index (χ1n) is 13.3. The van der Waals surface area contributed by atoms with Gasteiger partial charge in [-0.3, -0.25) is 14.4 Å². The number of nitrogens with two attached hydrogens (primary N) is 3. The van der Waals surface area contributed by atoms with E-state index in [9.17, 15) is 29.4 Å². The monoisotopic (exact) mass is 534 g/mol. The van der Waals surface area contributed by atoms with E-state index in [4.69, 9.17) is 17.2 Å². The van der Waals surface area contributed by atoms with Gasteiger partial charge in [0.2, 0.25) is 17.7 Å². The van der Waals surface area contributed by atoms with E-state index in [1.165, 1.54) is 17.0 Å². The van der Waals surface area contributed by atoms with Crippen LogP contribution in [0.1, 0.15) is 56.9 Å². The van der Waals surface area contributed by atoms with Gasteiger partial charge in [0.25, 0.3) is 0 Å². The molecule has 2 rings (SSSR count). The summed E-state index contributed by atoms with van der Waals surface area (Å²) in [5, 5.41) is 24.3. The second-order valence-corrected chi connectivity index (χ2v) is 9.70. The molecular formula is C26H42N6O6. The standard InChI is InChI=1S/C26H42N6O6/c27-13-3-1-6-20(23(34)31-21(26(37)38)7-2-4-14-28)30-24(35)22-8-5-15-32(22)25(36)19(29)16-17-9-11-18(33)12-10-17/h9-12,19-22,33H,1-8,13-16,27-29H2,(H,30,35)(H,31,34)(H,37,38). The number of amides is 3.